The molecule has 0 aliphatic heterocycles. The van der Waals surface area contributed by atoms with Crippen molar-refractivity contribution < 1.29 is 19.5 Å². The standard InChI is InChI=1S/C50H32O/c1-3-12-33(13-4-1)35-22-24-36(25-23-35)37-26-28-38(29-27-37)48-40-16-7-9-18-42(40)49(43-19-10-8-17-41(43)48)45-20-11-21-46-50(45)44-31-30-39(32-47(44)51-46)34-14-5-2-6-15-34/h1-32H/i2D,5D,6D,11D,14D,15D,20D,21D,30D,31D,32D. The molecule has 0 saturated heterocycles. The van der Waals surface area contributed by atoms with E-state index < -0.39 is 66.0 Å². The topological polar surface area (TPSA) is 13.1 Å². The van der Waals surface area contributed by atoms with Crippen molar-refractivity contribution in [3.63, 3.8) is 0 Å². The molecule has 238 valence electrons. The van der Waals surface area contributed by atoms with Gasteiger partial charge in [-0.05, 0) is 95.3 Å². The van der Waals surface area contributed by atoms with Crippen LogP contribution in [0.5, 0.6) is 0 Å². The van der Waals surface area contributed by atoms with E-state index in [1.807, 2.05) is 66.7 Å². The first-order chi connectivity index (χ1) is 29.9. The molecule has 0 radical (unpaired) electrons. The first kappa shape index (κ1) is 20.1. The lowest BCUT2D eigenvalue weighted by molar-refractivity contribution is 0.669. The van der Waals surface area contributed by atoms with Crippen molar-refractivity contribution in [3.8, 4) is 55.6 Å². The van der Waals surface area contributed by atoms with Crippen LogP contribution in [0.3, 0.4) is 0 Å². The second-order valence-corrected chi connectivity index (χ2v) is 12.4. The Labute approximate surface area is 312 Å². The van der Waals surface area contributed by atoms with E-state index in [0.717, 1.165) is 54.9 Å². The van der Waals surface area contributed by atoms with Gasteiger partial charge in [-0.3, -0.25) is 0 Å². The highest BCUT2D eigenvalue weighted by Crippen LogP contribution is 2.47. The second kappa shape index (κ2) is 12.0. The summed E-state index contributed by atoms with van der Waals surface area (Å²) in [6.07, 6.45) is 0. The van der Waals surface area contributed by atoms with Crippen LogP contribution in [0.2, 0.25) is 0 Å². The van der Waals surface area contributed by atoms with E-state index in [9.17, 15) is 4.11 Å². The third kappa shape index (κ3) is 4.94. The average molecular weight is 660 g/mol. The van der Waals surface area contributed by atoms with Gasteiger partial charge >= 0.3 is 0 Å². The van der Waals surface area contributed by atoms with Crippen molar-refractivity contribution in [3.05, 3.63) is 194 Å². The summed E-state index contributed by atoms with van der Waals surface area (Å²) in [6, 6.07) is 36.6. The van der Waals surface area contributed by atoms with Crippen molar-refractivity contribution in [1.82, 2.24) is 0 Å². The third-order valence-corrected chi connectivity index (χ3v) is 9.50. The van der Waals surface area contributed by atoms with Crippen LogP contribution < -0.4 is 0 Å². The lowest BCUT2D eigenvalue weighted by Gasteiger charge is -2.18. The number of benzene rings is 9. The molecule has 1 nitrogen and oxygen atoms in total. The smallest absolute Gasteiger partial charge is 0.136 e. The second-order valence-electron chi connectivity index (χ2n) is 12.4. The van der Waals surface area contributed by atoms with Crippen molar-refractivity contribution in [2.75, 3.05) is 0 Å². The van der Waals surface area contributed by atoms with Gasteiger partial charge < -0.3 is 4.42 Å². The van der Waals surface area contributed by atoms with Crippen LogP contribution in [0.15, 0.2) is 198 Å². The fourth-order valence-corrected chi connectivity index (χ4v) is 7.16. The molecular formula is C50H32O. The summed E-state index contributed by atoms with van der Waals surface area (Å²) in [4.78, 5) is 0. The summed E-state index contributed by atoms with van der Waals surface area (Å²) in [5.74, 6) is 0. The Balaban J connectivity index is 1.22. The van der Waals surface area contributed by atoms with Gasteiger partial charge in [0, 0.05) is 10.8 Å². The van der Waals surface area contributed by atoms with Gasteiger partial charge in [0.1, 0.15) is 11.2 Å². The minimum atomic E-state index is -0.656. The van der Waals surface area contributed by atoms with Gasteiger partial charge in [-0.1, -0.05) is 176 Å². The van der Waals surface area contributed by atoms with Crippen LogP contribution in [0.1, 0.15) is 15.1 Å². The Morgan fingerprint density at radius 3 is 1.47 bits per heavy atom. The average Bonchev–Trinajstić information content (AvgIpc) is 3.71. The van der Waals surface area contributed by atoms with Crippen LogP contribution in [-0.2, 0) is 0 Å². The Morgan fingerprint density at radius 1 is 0.333 bits per heavy atom. The first-order valence-corrected chi connectivity index (χ1v) is 16.6. The highest BCUT2D eigenvalue weighted by atomic mass is 16.3. The largest absolute Gasteiger partial charge is 0.456 e. The normalized spacial score (nSPS) is 14.5. The van der Waals surface area contributed by atoms with E-state index in [2.05, 4.69) is 60.7 Å². The molecule has 0 spiro atoms. The molecule has 0 unspecified atom stereocenters. The fourth-order valence-electron chi connectivity index (χ4n) is 7.16. The molecule has 0 amide bonds. The molecule has 1 heteroatoms. The minimum absolute atomic E-state index is 0.0484. The predicted octanol–water partition coefficient (Wildman–Crippen LogP) is 14.2. The van der Waals surface area contributed by atoms with E-state index in [-0.39, 0.29) is 39.1 Å². The summed E-state index contributed by atoms with van der Waals surface area (Å²) in [7, 11) is 0. The van der Waals surface area contributed by atoms with Crippen molar-refractivity contribution in [2.24, 2.45) is 0 Å². The summed E-state index contributed by atoms with van der Waals surface area (Å²) < 4.78 is 103. The van der Waals surface area contributed by atoms with Gasteiger partial charge in [0.15, 0.2) is 0 Å². The van der Waals surface area contributed by atoms with E-state index in [1.54, 1.807) is 0 Å². The number of hydrogen-bond donors (Lipinski definition) is 0. The number of fused-ring (bicyclic) bond motifs is 5. The molecule has 0 saturated carbocycles. The van der Waals surface area contributed by atoms with Gasteiger partial charge in [0.2, 0.25) is 0 Å². The van der Waals surface area contributed by atoms with E-state index in [0.29, 0.717) is 5.56 Å². The van der Waals surface area contributed by atoms with Crippen molar-refractivity contribution in [2.45, 2.75) is 0 Å². The van der Waals surface area contributed by atoms with Crippen molar-refractivity contribution >= 4 is 43.5 Å². The molecule has 9 aromatic carbocycles. The molecule has 0 fully saturated rings. The molecule has 0 N–H and O–H groups in total. The van der Waals surface area contributed by atoms with Crippen LogP contribution in [-0.4, -0.2) is 0 Å². The number of hydrogen-bond acceptors (Lipinski definition) is 1. The van der Waals surface area contributed by atoms with E-state index in [4.69, 9.17) is 15.4 Å². The van der Waals surface area contributed by atoms with Crippen LogP contribution in [0.4, 0.5) is 0 Å². The summed E-state index contributed by atoms with van der Waals surface area (Å²) in [6.45, 7) is 0. The van der Waals surface area contributed by atoms with Crippen molar-refractivity contribution in [1.29, 1.82) is 0 Å². The Morgan fingerprint density at radius 2 is 0.863 bits per heavy atom. The number of rotatable bonds is 5. The monoisotopic (exact) mass is 659 g/mol. The maximum atomic E-state index is 9.47. The Hall–Kier alpha value is -6.70. The lowest BCUT2D eigenvalue weighted by Crippen LogP contribution is -1.91. The Kier molecular flexibility index (Phi) is 4.73. The maximum Gasteiger partial charge on any atom is 0.136 e. The molecule has 0 aliphatic rings. The molecule has 1 aromatic heterocycles. The van der Waals surface area contributed by atoms with Gasteiger partial charge in [-0.15, -0.1) is 0 Å². The van der Waals surface area contributed by atoms with Crippen LogP contribution in [0.25, 0.3) is 99.1 Å². The number of furan rings is 1. The summed E-state index contributed by atoms with van der Waals surface area (Å²) in [5.41, 5.74) is 5.80. The van der Waals surface area contributed by atoms with E-state index in [1.165, 1.54) is 0 Å². The third-order valence-electron chi connectivity index (χ3n) is 9.50. The molecule has 0 aliphatic carbocycles. The van der Waals surface area contributed by atoms with Crippen LogP contribution >= 0.6 is 0 Å². The highest BCUT2D eigenvalue weighted by molar-refractivity contribution is 6.25. The van der Waals surface area contributed by atoms with Gasteiger partial charge in [0.25, 0.3) is 0 Å². The van der Waals surface area contributed by atoms with Gasteiger partial charge in [-0.25, -0.2) is 0 Å². The Bertz CT molecular complexity index is 3420. The molecule has 0 bridgehead atoms. The molecule has 0 atom stereocenters. The lowest BCUT2D eigenvalue weighted by atomic mass is 9.84. The van der Waals surface area contributed by atoms with Crippen LogP contribution in [0, 0.1) is 0 Å². The fraction of sp³-hybridized carbons (Fsp3) is 0. The van der Waals surface area contributed by atoms with E-state index >= 15 is 0 Å². The summed E-state index contributed by atoms with van der Waals surface area (Å²) in [5, 5.41) is 3.20. The highest BCUT2D eigenvalue weighted by Gasteiger charge is 2.20. The zero-order chi connectivity index (χ0) is 43.3. The molecule has 10 aromatic rings. The first-order valence-electron chi connectivity index (χ1n) is 22.1. The molecule has 1 heterocycles. The van der Waals surface area contributed by atoms with Gasteiger partial charge in [0.05, 0.1) is 15.1 Å². The predicted molar refractivity (Wildman–Crippen MR) is 216 cm³/mol. The minimum Gasteiger partial charge on any atom is -0.456 e. The molecule has 51 heavy (non-hydrogen) atoms. The molecule has 10 rings (SSSR count). The van der Waals surface area contributed by atoms with Gasteiger partial charge in [-0.2, -0.15) is 0 Å². The quantitative estimate of drug-likeness (QED) is 0.168. The molecular weight excluding hydrogens is 617 g/mol. The maximum absolute atomic E-state index is 9.47. The zero-order valence-corrected chi connectivity index (χ0v) is 27.0. The summed E-state index contributed by atoms with van der Waals surface area (Å²) >= 11 is 0. The zero-order valence-electron chi connectivity index (χ0n) is 38.0. The SMILES string of the molecule is [2H]c1c([2H])c([2H])c(-c2c([2H])c([2H])c3c(oc4c([2H])c([2H])c([2H])c(-c5c6ccccc6c(-c6ccc(-c7ccc(-c8ccccc8)cc7)cc6)c6ccccc56)c43)c2[2H])c([2H])c1[2H].